The van der Waals surface area contributed by atoms with Gasteiger partial charge in [0.05, 0.1) is 5.69 Å². The Bertz CT molecular complexity index is 1130. The minimum absolute atomic E-state index is 0.00963. The van der Waals surface area contributed by atoms with Crippen LogP contribution in [0.1, 0.15) is 30.1 Å². The number of likely N-dealkylation sites (tertiary alicyclic amines) is 1. The molecule has 0 bridgehead atoms. The normalized spacial score (nSPS) is 14.3. The molecule has 7 heteroatoms. The molecule has 2 aromatic carbocycles. The molecule has 4 rings (SSSR count). The summed E-state index contributed by atoms with van der Waals surface area (Å²) in [6.07, 6.45) is 1.61. The van der Waals surface area contributed by atoms with Crippen molar-refractivity contribution in [3.05, 3.63) is 76.6 Å². The lowest BCUT2D eigenvalue weighted by Gasteiger charge is -2.25. The second kappa shape index (κ2) is 9.49. The summed E-state index contributed by atoms with van der Waals surface area (Å²) in [5.41, 5.74) is 5.61. The topological polar surface area (TPSA) is 90.4 Å². The number of aromatic nitrogens is 2. The van der Waals surface area contributed by atoms with Gasteiger partial charge >= 0.3 is 0 Å². The lowest BCUT2D eigenvalue weighted by atomic mass is 9.95. The Balaban J connectivity index is 1.73. The molecular weight excluding hydrogens is 390 g/mol. The van der Waals surface area contributed by atoms with E-state index in [1.807, 2.05) is 60.7 Å². The number of aromatic amines is 1. The number of nitrogens with zero attached hydrogens (tertiary/aromatic N) is 3. The van der Waals surface area contributed by atoms with Gasteiger partial charge in [-0.1, -0.05) is 67.6 Å². The van der Waals surface area contributed by atoms with Crippen molar-refractivity contribution in [2.45, 2.75) is 19.8 Å². The van der Waals surface area contributed by atoms with Gasteiger partial charge in [-0.2, -0.15) is 10.2 Å². The van der Waals surface area contributed by atoms with Gasteiger partial charge < -0.3 is 4.90 Å². The van der Waals surface area contributed by atoms with Crippen molar-refractivity contribution >= 4 is 11.6 Å². The molecule has 1 aromatic heterocycles. The van der Waals surface area contributed by atoms with Gasteiger partial charge in [0.25, 0.3) is 11.5 Å². The van der Waals surface area contributed by atoms with Crippen LogP contribution in [0.15, 0.2) is 70.6 Å². The molecule has 1 amide bonds. The molecule has 0 unspecified atom stereocenters. The zero-order valence-electron chi connectivity index (χ0n) is 17.5. The molecule has 0 radical (unpaired) electrons. The summed E-state index contributed by atoms with van der Waals surface area (Å²) in [7, 11) is 0. The standard InChI is InChI=1S/C24H25N5O2/c1-2-29-15-13-19(14-16-29)25-27-23(30)21-20(17-9-5-3-6-10-17)22(26-28-24(21)31)18-11-7-4-8-12-18/h3-12H,2,13-16H2,1H3,(H,27,30)(H,28,31). The number of H-pyrrole nitrogens is 1. The fourth-order valence-electron chi connectivity index (χ4n) is 3.78. The quantitative estimate of drug-likeness (QED) is 0.626. The first-order valence-electron chi connectivity index (χ1n) is 10.5. The minimum Gasteiger partial charge on any atom is -0.303 e. The Labute approximate surface area is 180 Å². The van der Waals surface area contributed by atoms with Crippen LogP contribution >= 0.6 is 0 Å². The van der Waals surface area contributed by atoms with Crippen molar-refractivity contribution in [2.75, 3.05) is 19.6 Å². The number of hydrogen-bond donors (Lipinski definition) is 2. The molecule has 0 atom stereocenters. The second-order valence-electron chi connectivity index (χ2n) is 7.44. The van der Waals surface area contributed by atoms with Crippen molar-refractivity contribution in [3.8, 4) is 22.4 Å². The Morgan fingerprint density at radius 1 is 1.03 bits per heavy atom. The summed E-state index contributed by atoms with van der Waals surface area (Å²) in [5, 5.41) is 11.1. The van der Waals surface area contributed by atoms with Crippen molar-refractivity contribution in [3.63, 3.8) is 0 Å². The molecule has 3 aromatic rings. The van der Waals surface area contributed by atoms with Crippen molar-refractivity contribution in [1.82, 2.24) is 20.5 Å². The molecule has 31 heavy (non-hydrogen) atoms. The maximum Gasteiger partial charge on any atom is 0.277 e. The molecule has 158 valence electrons. The maximum atomic E-state index is 13.1. The highest BCUT2D eigenvalue weighted by atomic mass is 16.2. The minimum atomic E-state index is -0.544. The van der Waals surface area contributed by atoms with Gasteiger partial charge in [0.1, 0.15) is 5.56 Å². The van der Waals surface area contributed by atoms with Gasteiger partial charge in [-0.25, -0.2) is 10.5 Å². The third kappa shape index (κ3) is 4.62. The van der Waals surface area contributed by atoms with E-state index in [4.69, 9.17) is 0 Å². The van der Waals surface area contributed by atoms with Crippen LogP contribution in [-0.4, -0.2) is 46.4 Å². The lowest BCUT2D eigenvalue weighted by Crippen LogP contribution is -2.35. The number of nitrogens with one attached hydrogen (secondary N) is 2. The first kappa shape index (κ1) is 20.7. The van der Waals surface area contributed by atoms with Crippen LogP contribution in [-0.2, 0) is 0 Å². The average molecular weight is 415 g/mol. The number of amides is 1. The van der Waals surface area contributed by atoms with Gasteiger partial charge in [-0.3, -0.25) is 9.59 Å². The van der Waals surface area contributed by atoms with E-state index in [2.05, 4.69) is 32.5 Å². The van der Waals surface area contributed by atoms with Crippen molar-refractivity contribution in [1.29, 1.82) is 0 Å². The Morgan fingerprint density at radius 3 is 2.26 bits per heavy atom. The maximum absolute atomic E-state index is 13.1. The molecule has 0 spiro atoms. The monoisotopic (exact) mass is 415 g/mol. The molecule has 1 fully saturated rings. The summed E-state index contributed by atoms with van der Waals surface area (Å²) in [6, 6.07) is 18.9. The summed E-state index contributed by atoms with van der Waals surface area (Å²) >= 11 is 0. The molecular formula is C24H25N5O2. The first-order chi connectivity index (χ1) is 15.2. The number of piperidine rings is 1. The van der Waals surface area contributed by atoms with Crippen LogP contribution in [0.25, 0.3) is 22.4 Å². The number of benzene rings is 2. The number of rotatable bonds is 5. The largest absolute Gasteiger partial charge is 0.303 e. The summed E-state index contributed by atoms with van der Waals surface area (Å²) < 4.78 is 0. The van der Waals surface area contributed by atoms with E-state index in [-0.39, 0.29) is 5.56 Å². The van der Waals surface area contributed by atoms with Crippen LogP contribution in [0, 0.1) is 0 Å². The van der Waals surface area contributed by atoms with Crippen molar-refractivity contribution in [2.24, 2.45) is 5.10 Å². The highest BCUT2D eigenvalue weighted by Gasteiger charge is 2.23. The summed E-state index contributed by atoms with van der Waals surface area (Å²) in [5.74, 6) is -0.537. The predicted molar refractivity (Wildman–Crippen MR) is 122 cm³/mol. The molecule has 1 saturated heterocycles. The highest BCUT2D eigenvalue weighted by molar-refractivity contribution is 6.04. The van der Waals surface area contributed by atoms with Crippen molar-refractivity contribution < 1.29 is 4.79 Å². The van der Waals surface area contributed by atoms with E-state index in [1.165, 1.54) is 0 Å². The van der Waals surface area contributed by atoms with E-state index >= 15 is 0 Å². The molecule has 1 aliphatic heterocycles. The van der Waals surface area contributed by atoms with E-state index in [0.717, 1.165) is 49.3 Å². The molecule has 0 aliphatic carbocycles. The third-order valence-electron chi connectivity index (χ3n) is 5.52. The van der Waals surface area contributed by atoms with Gasteiger partial charge in [0.2, 0.25) is 0 Å². The van der Waals surface area contributed by atoms with Gasteiger partial charge in [0.15, 0.2) is 0 Å². The van der Waals surface area contributed by atoms with Crippen LogP contribution in [0.2, 0.25) is 0 Å². The molecule has 2 heterocycles. The second-order valence-corrected chi connectivity index (χ2v) is 7.44. The average Bonchev–Trinajstić information content (AvgIpc) is 2.83. The first-order valence-corrected chi connectivity index (χ1v) is 10.5. The molecule has 0 saturated carbocycles. The van der Waals surface area contributed by atoms with Gasteiger partial charge in [-0.15, -0.1) is 0 Å². The highest BCUT2D eigenvalue weighted by Crippen LogP contribution is 2.31. The Hall–Kier alpha value is -3.58. The van der Waals surface area contributed by atoms with E-state index < -0.39 is 11.5 Å². The van der Waals surface area contributed by atoms with E-state index in [1.54, 1.807) is 0 Å². The number of carbonyl (C=O) groups excluding carboxylic acids is 1. The van der Waals surface area contributed by atoms with Gasteiger partial charge in [0, 0.05) is 42.8 Å². The van der Waals surface area contributed by atoms with Crippen LogP contribution < -0.4 is 11.0 Å². The molecule has 7 nitrogen and oxygen atoms in total. The van der Waals surface area contributed by atoms with Crippen LogP contribution in [0.4, 0.5) is 0 Å². The third-order valence-corrected chi connectivity index (χ3v) is 5.52. The number of hydrazone groups is 1. The fourth-order valence-corrected chi connectivity index (χ4v) is 3.78. The van der Waals surface area contributed by atoms with Crippen LogP contribution in [0.5, 0.6) is 0 Å². The van der Waals surface area contributed by atoms with Crippen LogP contribution in [0.3, 0.4) is 0 Å². The molecule has 2 N–H and O–H groups in total. The lowest BCUT2D eigenvalue weighted by molar-refractivity contribution is 0.0953. The van der Waals surface area contributed by atoms with E-state index in [9.17, 15) is 9.59 Å². The van der Waals surface area contributed by atoms with Gasteiger partial charge in [-0.05, 0) is 12.1 Å². The Kier molecular flexibility index (Phi) is 6.33. The number of hydrogen-bond acceptors (Lipinski definition) is 5. The molecule has 1 aliphatic rings. The summed E-state index contributed by atoms with van der Waals surface area (Å²) in [6.45, 7) is 4.99. The Morgan fingerprint density at radius 2 is 1.65 bits per heavy atom. The fraction of sp³-hybridized carbons (Fsp3) is 0.250. The summed E-state index contributed by atoms with van der Waals surface area (Å²) in [4.78, 5) is 28.2. The zero-order valence-corrected chi connectivity index (χ0v) is 17.5. The van der Waals surface area contributed by atoms with E-state index in [0.29, 0.717) is 11.3 Å². The predicted octanol–water partition coefficient (Wildman–Crippen LogP) is 3.31. The zero-order chi connectivity index (χ0) is 21.6. The SMILES string of the molecule is CCN1CCC(=NNC(=O)c2c(-c3ccccc3)c(-c3ccccc3)n[nH]c2=O)CC1. The smallest absolute Gasteiger partial charge is 0.277 e. The number of carbonyl (C=O) groups is 1.